The van der Waals surface area contributed by atoms with Crippen molar-refractivity contribution >= 4 is 29.2 Å². The minimum Gasteiger partial charge on any atom is -0.497 e. The SMILES string of the molecule is COc1ccc(NC(=O)COC(=O)C=CC(=O)N2CCCc3ccccc32)cc1. The van der Waals surface area contributed by atoms with E-state index in [4.69, 9.17) is 9.47 Å². The Morgan fingerprint density at radius 2 is 1.83 bits per heavy atom. The molecule has 2 amide bonds. The van der Waals surface area contributed by atoms with E-state index in [0.717, 1.165) is 30.2 Å². The van der Waals surface area contributed by atoms with E-state index >= 15 is 0 Å². The van der Waals surface area contributed by atoms with Crippen molar-refractivity contribution in [2.45, 2.75) is 12.8 Å². The highest BCUT2D eigenvalue weighted by atomic mass is 16.5. The number of para-hydroxylation sites is 1. The summed E-state index contributed by atoms with van der Waals surface area (Å²) in [5.41, 5.74) is 2.53. The monoisotopic (exact) mass is 394 g/mol. The summed E-state index contributed by atoms with van der Waals surface area (Å²) in [6, 6.07) is 14.5. The maximum Gasteiger partial charge on any atom is 0.331 e. The number of anilines is 2. The molecule has 3 rings (SSSR count). The molecule has 0 aromatic heterocycles. The molecule has 150 valence electrons. The summed E-state index contributed by atoms with van der Waals surface area (Å²) < 4.78 is 9.94. The zero-order valence-electron chi connectivity index (χ0n) is 16.1. The average molecular weight is 394 g/mol. The summed E-state index contributed by atoms with van der Waals surface area (Å²) in [5.74, 6) is -0.862. The molecule has 0 aliphatic carbocycles. The van der Waals surface area contributed by atoms with Crippen molar-refractivity contribution in [1.82, 2.24) is 0 Å². The van der Waals surface area contributed by atoms with Crippen LogP contribution in [0.15, 0.2) is 60.7 Å². The molecule has 0 unspecified atom stereocenters. The van der Waals surface area contributed by atoms with E-state index in [9.17, 15) is 14.4 Å². The summed E-state index contributed by atoms with van der Waals surface area (Å²) in [6.45, 7) is 0.148. The number of hydrogen-bond donors (Lipinski definition) is 1. The first kappa shape index (κ1) is 20.1. The fourth-order valence-electron chi connectivity index (χ4n) is 3.05. The third kappa shape index (κ3) is 5.44. The molecule has 1 aliphatic heterocycles. The van der Waals surface area contributed by atoms with Crippen molar-refractivity contribution in [2.24, 2.45) is 0 Å². The third-order valence-corrected chi connectivity index (χ3v) is 4.46. The van der Waals surface area contributed by atoms with E-state index < -0.39 is 18.5 Å². The van der Waals surface area contributed by atoms with Gasteiger partial charge in [-0.2, -0.15) is 0 Å². The predicted octanol–water partition coefficient (Wildman–Crippen LogP) is 2.71. The first-order valence-corrected chi connectivity index (χ1v) is 9.25. The minimum absolute atomic E-state index is 0.295. The third-order valence-electron chi connectivity index (χ3n) is 4.46. The lowest BCUT2D eigenvalue weighted by atomic mass is 10.0. The molecule has 7 heteroatoms. The fraction of sp³-hybridized carbons (Fsp3) is 0.227. The van der Waals surface area contributed by atoms with Gasteiger partial charge in [-0.1, -0.05) is 18.2 Å². The Kier molecular flexibility index (Phi) is 6.63. The van der Waals surface area contributed by atoms with Crippen LogP contribution >= 0.6 is 0 Å². The average Bonchev–Trinajstić information content (AvgIpc) is 2.76. The highest BCUT2D eigenvalue weighted by Crippen LogP contribution is 2.26. The number of hydrogen-bond acceptors (Lipinski definition) is 5. The quantitative estimate of drug-likeness (QED) is 0.602. The van der Waals surface area contributed by atoms with Gasteiger partial charge in [0.15, 0.2) is 6.61 Å². The van der Waals surface area contributed by atoms with E-state index in [0.29, 0.717) is 18.0 Å². The van der Waals surface area contributed by atoms with Gasteiger partial charge in [-0.3, -0.25) is 9.59 Å². The van der Waals surface area contributed by atoms with Crippen LogP contribution < -0.4 is 15.0 Å². The molecule has 1 aliphatic rings. The van der Waals surface area contributed by atoms with Gasteiger partial charge in [0.1, 0.15) is 5.75 Å². The van der Waals surface area contributed by atoms with Crippen LogP contribution in [0, 0.1) is 0 Å². The van der Waals surface area contributed by atoms with Gasteiger partial charge >= 0.3 is 5.97 Å². The summed E-state index contributed by atoms with van der Waals surface area (Å²) in [4.78, 5) is 37.8. The van der Waals surface area contributed by atoms with Crippen LogP contribution in [0.25, 0.3) is 0 Å². The number of nitrogens with zero attached hydrogens (tertiary/aromatic N) is 1. The molecule has 0 fully saturated rings. The minimum atomic E-state index is -0.756. The zero-order chi connectivity index (χ0) is 20.6. The Balaban J connectivity index is 1.48. The molecule has 0 saturated carbocycles. The summed E-state index contributed by atoms with van der Waals surface area (Å²) >= 11 is 0. The van der Waals surface area contributed by atoms with Crippen LogP contribution in [0.1, 0.15) is 12.0 Å². The number of aryl methyl sites for hydroxylation is 1. The number of esters is 1. The van der Waals surface area contributed by atoms with Crippen LogP contribution in [0.2, 0.25) is 0 Å². The molecule has 7 nitrogen and oxygen atoms in total. The largest absolute Gasteiger partial charge is 0.497 e. The highest BCUT2D eigenvalue weighted by Gasteiger charge is 2.20. The van der Waals surface area contributed by atoms with Gasteiger partial charge in [-0.25, -0.2) is 4.79 Å². The lowest BCUT2D eigenvalue weighted by Gasteiger charge is -2.28. The number of methoxy groups -OCH3 is 1. The number of fused-ring (bicyclic) bond motifs is 1. The van der Waals surface area contributed by atoms with Gasteiger partial charge in [-0.15, -0.1) is 0 Å². The number of carbonyl (C=O) groups excluding carboxylic acids is 3. The Morgan fingerprint density at radius 1 is 1.07 bits per heavy atom. The van der Waals surface area contributed by atoms with Gasteiger partial charge in [0.05, 0.1) is 7.11 Å². The maximum atomic E-state index is 12.4. The van der Waals surface area contributed by atoms with Crippen LogP contribution in [0.5, 0.6) is 5.75 Å². The van der Waals surface area contributed by atoms with Crippen molar-refractivity contribution in [3.63, 3.8) is 0 Å². The molecule has 29 heavy (non-hydrogen) atoms. The maximum absolute atomic E-state index is 12.4. The van der Waals surface area contributed by atoms with Crippen molar-refractivity contribution < 1.29 is 23.9 Å². The van der Waals surface area contributed by atoms with E-state index in [1.807, 2.05) is 24.3 Å². The van der Waals surface area contributed by atoms with E-state index in [2.05, 4.69) is 5.32 Å². The smallest absolute Gasteiger partial charge is 0.331 e. The number of benzene rings is 2. The fourth-order valence-corrected chi connectivity index (χ4v) is 3.05. The Bertz CT molecular complexity index is 921. The van der Waals surface area contributed by atoms with Gasteiger partial charge in [0.2, 0.25) is 0 Å². The second kappa shape index (κ2) is 9.54. The first-order valence-electron chi connectivity index (χ1n) is 9.25. The topological polar surface area (TPSA) is 84.9 Å². The molecule has 2 aromatic rings. The Hall–Kier alpha value is -3.61. The second-order valence-electron chi connectivity index (χ2n) is 6.44. The number of nitrogens with one attached hydrogen (secondary N) is 1. The number of rotatable bonds is 6. The Labute approximate surface area is 168 Å². The molecular formula is C22H22N2O5. The van der Waals surface area contributed by atoms with E-state index in [1.54, 1.807) is 36.3 Å². The second-order valence-corrected chi connectivity index (χ2v) is 6.44. The number of amides is 2. The van der Waals surface area contributed by atoms with Crippen molar-refractivity contribution in [3.05, 3.63) is 66.2 Å². The van der Waals surface area contributed by atoms with Crippen molar-refractivity contribution in [1.29, 1.82) is 0 Å². The lowest BCUT2D eigenvalue weighted by Crippen LogP contribution is -2.34. The molecular weight excluding hydrogens is 372 g/mol. The van der Waals surface area contributed by atoms with Crippen LogP contribution in [0.4, 0.5) is 11.4 Å². The molecule has 0 bridgehead atoms. The van der Waals surface area contributed by atoms with Gasteiger partial charge in [-0.05, 0) is 48.7 Å². The molecule has 0 saturated heterocycles. The standard InChI is InChI=1S/C22H22N2O5/c1-28-18-10-8-17(9-11-18)23-20(25)15-29-22(27)13-12-21(26)24-14-4-6-16-5-2-3-7-19(16)24/h2-3,5,7-13H,4,6,14-15H2,1H3,(H,23,25). The van der Waals surface area contributed by atoms with Gasteiger partial charge in [0, 0.05) is 30.1 Å². The van der Waals surface area contributed by atoms with Crippen LogP contribution in [-0.4, -0.2) is 38.0 Å². The normalized spacial score (nSPS) is 12.9. The number of ether oxygens (including phenoxy) is 2. The Morgan fingerprint density at radius 3 is 2.59 bits per heavy atom. The van der Waals surface area contributed by atoms with Crippen molar-refractivity contribution in [2.75, 3.05) is 30.5 Å². The summed E-state index contributed by atoms with van der Waals surface area (Å²) in [6.07, 6.45) is 4.01. The van der Waals surface area contributed by atoms with Crippen LogP contribution in [0.3, 0.4) is 0 Å². The van der Waals surface area contributed by atoms with Crippen molar-refractivity contribution in [3.8, 4) is 5.75 Å². The first-order chi connectivity index (χ1) is 14.1. The highest BCUT2D eigenvalue weighted by molar-refractivity contribution is 6.05. The predicted molar refractivity (Wildman–Crippen MR) is 109 cm³/mol. The molecule has 0 spiro atoms. The molecule has 0 radical (unpaired) electrons. The molecule has 0 atom stereocenters. The zero-order valence-corrected chi connectivity index (χ0v) is 16.1. The van der Waals surface area contributed by atoms with Gasteiger partial charge in [0.25, 0.3) is 11.8 Å². The van der Waals surface area contributed by atoms with E-state index in [1.165, 1.54) is 6.08 Å². The summed E-state index contributed by atoms with van der Waals surface area (Å²) in [5, 5.41) is 2.61. The molecule has 1 heterocycles. The van der Waals surface area contributed by atoms with Crippen LogP contribution in [-0.2, 0) is 25.5 Å². The molecule has 1 N–H and O–H groups in total. The van der Waals surface area contributed by atoms with E-state index in [-0.39, 0.29) is 5.91 Å². The lowest BCUT2D eigenvalue weighted by molar-refractivity contribution is -0.142. The summed E-state index contributed by atoms with van der Waals surface area (Å²) in [7, 11) is 1.55. The number of carbonyl (C=O) groups is 3. The van der Waals surface area contributed by atoms with Gasteiger partial charge < -0.3 is 19.7 Å². The molecule has 2 aromatic carbocycles.